The van der Waals surface area contributed by atoms with Crippen molar-refractivity contribution in [3.8, 4) is 0 Å². The summed E-state index contributed by atoms with van der Waals surface area (Å²) in [6.07, 6.45) is 0.210. The van der Waals surface area contributed by atoms with E-state index in [4.69, 9.17) is 17.3 Å². The van der Waals surface area contributed by atoms with E-state index < -0.39 is 11.7 Å². The van der Waals surface area contributed by atoms with Gasteiger partial charge in [0.05, 0.1) is 10.6 Å². The largest absolute Gasteiger partial charge is 0.417 e. The number of halogens is 4. The van der Waals surface area contributed by atoms with E-state index in [-0.39, 0.29) is 11.1 Å². The smallest absolute Gasteiger partial charge is 0.328 e. The molecular weight excluding hydrogens is 297 g/mol. The maximum absolute atomic E-state index is 12.5. The first-order chi connectivity index (χ1) is 8.86. The molecule has 0 spiro atoms. The summed E-state index contributed by atoms with van der Waals surface area (Å²) in [5, 5.41) is 0.867. The second kappa shape index (κ2) is 5.89. The zero-order valence-corrected chi connectivity index (χ0v) is 11.7. The normalized spacial score (nSPS) is 24.5. The molecule has 1 saturated carbocycles. The van der Waals surface area contributed by atoms with E-state index >= 15 is 0 Å². The maximum Gasteiger partial charge on any atom is 0.417 e. The van der Waals surface area contributed by atoms with Gasteiger partial charge < -0.3 is 5.73 Å². The molecule has 0 bridgehead atoms. The van der Waals surface area contributed by atoms with E-state index in [0.717, 1.165) is 37.9 Å². The van der Waals surface area contributed by atoms with Gasteiger partial charge in [-0.25, -0.2) is 4.98 Å². The molecular formula is C12H14ClF3N2S. The first kappa shape index (κ1) is 14.9. The van der Waals surface area contributed by atoms with Crippen LogP contribution in [0, 0.1) is 0 Å². The Morgan fingerprint density at radius 3 is 2.42 bits per heavy atom. The fourth-order valence-corrected chi connectivity index (χ4v) is 3.44. The summed E-state index contributed by atoms with van der Waals surface area (Å²) in [7, 11) is 0. The summed E-state index contributed by atoms with van der Waals surface area (Å²) in [6, 6.07) is 1.18. The Bertz CT molecular complexity index is 445. The van der Waals surface area contributed by atoms with Gasteiger partial charge in [0.25, 0.3) is 0 Å². The number of hydrogen-bond donors (Lipinski definition) is 1. The molecule has 2 nitrogen and oxygen atoms in total. The predicted octanol–water partition coefficient (Wildman–Crippen LogP) is 4.12. The number of hydrogen-bond acceptors (Lipinski definition) is 3. The SMILES string of the molecule is NC1CCC(Sc2ncc(C(F)(F)F)cc2Cl)CC1. The van der Waals surface area contributed by atoms with Crippen LogP contribution in [0.15, 0.2) is 17.3 Å². The second-order valence-corrected chi connectivity index (χ2v) is 6.36. The maximum atomic E-state index is 12.5. The zero-order valence-electron chi connectivity index (χ0n) is 10.1. The van der Waals surface area contributed by atoms with Gasteiger partial charge in [0.1, 0.15) is 5.03 Å². The number of nitrogens with two attached hydrogens (primary N) is 1. The van der Waals surface area contributed by atoms with Crippen LogP contribution in [0.4, 0.5) is 13.2 Å². The second-order valence-electron chi connectivity index (χ2n) is 4.66. The number of alkyl halides is 3. The average molecular weight is 311 g/mol. The molecule has 106 valence electrons. The zero-order chi connectivity index (χ0) is 14.0. The summed E-state index contributed by atoms with van der Waals surface area (Å²) in [5.41, 5.74) is 5.00. The van der Waals surface area contributed by atoms with Gasteiger partial charge in [0.15, 0.2) is 0 Å². The molecule has 0 amide bonds. The van der Waals surface area contributed by atoms with E-state index in [1.807, 2.05) is 0 Å². The topological polar surface area (TPSA) is 38.9 Å². The monoisotopic (exact) mass is 310 g/mol. The molecule has 7 heteroatoms. The molecule has 1 aliphatic rings. The van der Waals surface area contributed by atoms with Crippen LogP contribution in [0.3, 0.4) is 0 Å². The van der Waals surface area contributed by atoms with Gasteiger partial charge in [-0.05, 0) is 31.7 Å². The van der Waals surface area contributed by atoms with Crippen LogP contribution in [0.1, 0.15) is 31.2 Å². The van der Waals surface area contributed by atoms with E-state index in [1.54, 1.807) is 0 Å². The molecule has 19 heavy (non-hydrogen) atoms. The molecule has 1 heterocycles. The quantitative estimate of drug-likeness (QED) is 0.893. The Hall–Kier alpha value is -0.460. The van der Waals surface area contributed by atoms with Crippen LogP contribution in [-0.4, -0.2) is 16.3 Å². The van der Waals surface area contributed by atoms with Crippen molar-refractivity contribution in [2.75, 3.05) is 0 Å². The lowest BCUT2D eigenvalue weighted by molar-refractivity contribution is -0.137. The molecule has 0 unspecified atom stereocenters. The molecule has 2 N–H and O–H groups in total. The van der Waals surface area contributed by atoms with E-state index in [9.17, 15) is 13.2 Å². The summed E-state index contributed by atoms with van der Waals surface area (Å²) in [5.74, 6) is 0. The van der Waals surface area contributed by atoms with Crippen molar-refractivity contribution in [3.05, 3.63) is 22.8 Å². The van der Waals surface area contributed by atoms with Crippen molar-refractivity contribution >= 4 is 23.4 Å². The van der Waals surface area contributed by atoms with Crippen molar-refractivity contribution in [2.24, 2.45) is 5.73 Å². The van der Waals surface area contributed by atoms with Gasteiger partial charge >= 0.3 is 6.18 Å². The fraction of sp³-hybridized carbons (Fsp3) is 0.583. The van der Waals surface area contributed by atoms with Crippen molar-refractivity contribution in [3.63, 3.8) is 0 Å². The number of aromatic nitrogens is 1. The van der Waals surface area contributed by atoms with Crippen LogP contribution in [0.25, 0.3) is 0 Å². The molecule has 0 saturated heterocycles. The standard InChI is InChI=1S/C12H14ClF3N2S/c13-10-5-7(12(14,15)16)6-18-11(10)19-9-3-1-8(17)2-4-9/h5-6,8-9H,1-4,17H2. The van der Waals surface area contributed by atoms with Crippen LogP contribution in [-0.2, 0) is 6.18 Å². The van der Waals surface area contributed by atoms with E-state index in [0.29, 0.717) is 10.3 Å². The van der Waals surface area contributed by atoms with Crippen LogP contribution >= 0.6 is 23.4 Å². The minimum Gasteiger partial charge on any atom is -0.328 e. The van der Waals surface area contributed by atoms with Crippen molar-refractivity contribution in [1.29, 1.82) is 0 Å². The lowest BCUT2D eigenvalue weighted by Crippen LogP contribution is -2.27. The minimum absolute atomic E-state index is 0.0645. The summed E-state index contributed by atoms with van der Waals surface area (Å²) < 4.78 is 37.4. The lowest BCUT2D eigenvalue weighted by atomic mass is 9.96. The lowest BCUT2D eigenvalue weighted by Gasteiger charge is -2.25. The van der Waals surface area contributed by atoms with Crippen LogP contribution < -0.4 is 5.73 Å². The van der Waals surface area contributed by atoms with Crippen molar-refractivity contribution in [1.82, 2.24) is 4.98 Å². The Labute approximate surface area is 118 Å². The molecule has 1 aliphatic carbocycles. The summed E-state index contributed by atoms with van der Waals surface area (Å²) in [4.78, 5) is 3.84. The first-order valence-electron chi connectivity index (χ1n) is 6.01. The predicted molar refractivity (Wildman–Crippen MR) is 70.3 cm³/mol. The molecule has 0 aromatic carbocycles. The number of rotatable bonds is 2. The van der Waals surface area contributed by atoms with Gasteiger partial charge in [-0.1, -0.05) is 11.6 Å². The third kappa shape index (κ3) is 4.00. The fourth-order valence-electron chi connectivity index (χ4n) is 2.03. The van der Waals surface area contributed by atoms with Gasteiger partial charge in [0, 0.05) is 17.5 Å². The number of thioether (sulfide) groups is 1. The summed E-state index contributed by atoms with van der Waals surface area (Å²) >= 11 is 7.32. The highest BCUT2D eigenvalue weighted by Gasteiger charge is 2.32. The number of nitrogens with zero attached hydrogens (tertiary/aromatic N) is 1. The van der Waals surface area contributed by atoms with Gasteiger partial charge in [-0.15, -0.1) is 11.8 Å². The van der Waals surface area contributed by atoms with Gasteiger partial charge in [-0.3, -0.25) is 0 Å². The molecule has 0 radical (unpaired) electrons. The van der Waals surface area contributed by atoms with E-state index in [1.165, 1.54) is 11.8 Å². The Balaban J connectivity index is 2.05. The Kier molecular flexibility index (Phi) is 4.63. The molecule has 0 aliphatic heterocycles. The highest BCUT2D eigenvalue weighted by atomic mass is 35.5. The van der Waals surface area contributed by atoms with E-state index in [2.05, 4.69) is 4.98 Å². The van der Waals surface area contributed by atoms with Crippen molar-refractivity contribution < 1.29 is 13.2 Å². The molecule has 1 fully saturated rings. The molecule has 1 aromatic rings. The Morgan fingerprint density at radius 2 is 1.89 bits per heavy atom. The molecule has 0 atom stereocenters. The highest BCUT2D eigenvalue weighted by molar-refractivity contribution is 8.00. The third-order valence-electron chi connectivity index (χ3n) is 3.13. The average Bonchev–Trinajstić information content (AvgIpc) is 2.33. The van der Waals surface area contributed by atoms with Crippen LogP contribution in [0.2, 0.25) is 5.02 Å². The minimum atomic E-state index is -4.41. The third-order valence-corrected chi connectivity index (χ3v) is 4.89. The van der Waals surface area contributed by atoms with Gasteiger partial charge in [0.2, 0.25) is 0 Å². The first-order valence-corrected chi connectivity index (χ1v) is 7.27. The van der Waals surface area contributed by atoms with Crippen LogP contribution in [0.5, 0.6) is 0 Å². The van der Waals surface area contributed by atoms with Gasteiger partial charge in [-0.2, -0.15) is 13.2 Å². The number of pyridine rings is 1. The highest BCUT2D eigenvalue weighted by Crippen LogP contribution is 2.38. The van der Waals surface area contributed by atoms with Crippen molar-refractivity contribution in [2.45, 2.75) is 48.2 Å². The molecule has 2 rings (SSSR count). The molecule has 1 aromatic heterocycles. The summed E-state index contributed by atoms with van der Waals surface area (Å²) in [6.45, 7) is 0. The Morgan fingerprint density at radius 1 is 1.26 bits per heavy atom.